The third-order valence-corrected chi connectivity index (χ3v) is 4.06. The van der Waals surface area contributed by atoms with E-state index < -0.39 is 0 Å². The van der Waals surface area contributed by atoms with Crippen LogP contribution in [0.5, 0.6) is 0 Å². The van der Waals surface area contributed by atoms with Crippen molar-refractivity contribution < 1.29 is 9.53 Å². The van der Waals surface area contributed by atoms with E-state index in [1.807, 2.05) is 29.1 Å². The molecule has 0 bridgehead atoms. The summed E-state index contributed by atoms with van der Waals surface area (Å²) in [6, 6.07) is 7.40. The van der Waals surface area contributed by atoms with Crippen molar-refractivity contribution in [3.8, 4) is 0 Å². The van der Waals surface area contributed by atoms with E-state index in [9.17, 15) is 4.79 Å². The molecule has 0 aliphatic carbocycles. The van der Waals surface area contributed by atoms with Gasteiger partial charge in [0.25, 0.3) is 0 Å². The molecule has 0 saturated carbocycles. The summed E-state index contributed by atoms with van der Waals surface area (Å²) in [5.41, 5.74) is 3.17. The van der Waals surface area contributed by atoms with Gasteiger partial charge in [0, 0.05) is 35.3 Å². The number of rotatable bonds is 5. The fourth-order valence-electron chi connectivity index (χ4n) is 2.52. The van der Waals surface area contributed by atoms with Gasteiger partial charge in [-0.2, -0.15) is 5.10 Å². The Balaban J connectivity index is 1.50. The third-order valence-electron chi connectivity index (χ3n) is 3.72. The second-order valence-corrected chi connectivity index (χ2v) is 5.70. The highest BCUT2D eigenvalue weighted by molar-refractivity contribution is 6.32. The van der Waals surface area contributed by atoms with Crippen molar-refractivity contribution in [3.05, 3.63) is 58.4 Å². The molecule has 0 fully saturated rings. The van der Waals surface area contributed by atoms with E-state index in [0.717, 1.165) is 24.2 Å². The van der Waals surface area contributed by atoms with Gasteiger partial charge in [-0.3, -0.25) is 9.48 Å². The van der Waals surface area contributed by atoms with Crippen LogP contribution < -0.4 is 5.32 Å². The lowest BCUT2D eigenvalue weighted by Gasteiger charge is -2.14. The van der Waals surface area contributed by atoms with Gasteiger partial charge in [0.15, 0.2) is 0 Å². The van der Waals surface area contributed by atoms with Gasteiger partial charge in [-0.15, -0.1) is 0 Å². The van der Waals surface area contributed by atoms with Crippen LogP contribution in [0.15, 0.2) is 36.5 Å². The molecule has 120 valence electrons. The Morgan fingerprint density at radius 3 is 3.17 bits per heavy atom. The van der Waals surface area contributed by atoms with Gasteiger partial charge in [0.2, 0.25) is 5.91 Å². The fraction of sp³-hybridized carbons (Fsp3) is 0.294. The minimum atomic E-state index is -0.144. The molecule has 1 N–H and O–H groups in total. The normalized spacial score (nSPS) is 14.0. The highest BCUT2D eigenvalue weighted by atomic mass is 35.5. The molecule has 2 aromatic rings. The quantitative estimate of drug-likeness (QED) is 0.856. The summed E-state index contributed by atoms with van der Waals surface area (Å²) >= 11 is 6.04. The van der Waals surface area contributed by atoms with Crippen molar-refractivity contribution in [1.29, 1.82) is 0 Å². The maximum atomic E-state index is 11.9. The van der Waals surface area contributed by atoms with Gasteiger partial charge in [-0.1, -0.05) is 29.8 Å². The average Bonchev–Trinajstić information content (AvgIpc) is 2.98. The summed E-state index contributed by atoms with van der Waals surface area (Å²) in [6.45, 7) is 2.54. The Kier molecular flexibility index (Phi) is 5.10. The van der Waals surface area contributed by atoms with Crippen LogP contribution in [-0.4, -0.2) is 28.8 Å². The van der Waals surface area contributed by atoms with Crippen LogP contribution in [0.3, 0.4) is 0 Å². The smallest absolute Gasteiger partial charge is 0.244 e. The van der Waals surface area contributed by atoms with Gasteiger partial charge in [-0.25, -0.2) is 0 Å². The Hall–Kier alpha value is -2.11. The molecule has 23 heavy (non-hydrogen) atoms. The SMILES string of the molecule is O=C(/C=C/c1ccccc1Cl)NCCn1ncc2c1CCOC2. The van der Waals surface area contributed by atoms with Crippen molar-refractivity contribution >= 4 is 23.6 Å². The van der Waals surface area contributed by atoms with E-state index in [0.29, 0.717) is 24.7 Å². The summed E-state index contributed by atoms with van der Waals surface area (Å²) in [7, 11) is 0. The van der Waals surface area contributed by atoms with Crippen molar-refractivity contribution in [3.63, 3.8) is 0 Å². The molecule has 1 aliphatic rings. The minimum Gasteiger partial charge on any atom is -0.376 e. The summed E-state index contributed by atoms with van der Waals surface area (Å²) in [5.74, 6) is -0.144. The number of carbonyl (C=O) groups is 1. The van der Waals surface area contributed by atoms with Crippen molar-refractivity contribution in [2.75, 3.05) is 13.2 Å². The first kappa shape index (κ1) is 15.8. The average molecular weight is 332 g/mol. The monoisotopic (exact) mass is 331 g/mol. The lowest BCUT2D eigenvalue weighted by Crippen LogP contribution is -2.26. The van der Waals surface area contributed by atoms with Crippen LogP contribution in [0.4, 0.5) is 0 Å². The molecule has 1 aromatic carbocycles. The number of nitrogens with zero attached hydrogens (tertiary/aromatic N) is 2. The van der Waals surface area contributed by atoms with Gasteiger partial charge in [-0.05, 0) is 17.7 Å². The van der Waals surface area contributed by atoms with Crippen LogP contribution in [0.2, 0.25) is 5.02 Å². The summed E-state index contributed by atoms with van der Waals surface area (Å²) < 4.78 is 7.33. The molecule has 3 rings (SSSR count). The first-order valence-corrected chi connectivity index (χ1v) is 7.93. The standard InChI is InChI=1S/C17H18ClN3O2/c18-15-4-2-1-3-13(15)5-6-17(22)19-8-9-21-16-7-10-23-12-14(16)11-20-21/h1-6,11H,7-10,12H2,(H,19,22)/b6-5+. The zero-order valence-electron chi connectivity index (χ0n) is 12.7. The Labute approximate surface area is 139 Å². The molecular weight excluding hydrogens is 314 g/mol. The number of carbonyl (C=O) groups excluding carboxylic acids is 1. The molecule has 0 saturated heterocycles. The molecule has 0 spiro atoms. The van der Waals surface area contributed by atoms with Crippen LogP contribution >= 0.6 is 11.6 Å². The highest BCUT2D eigenvalue weighted by Gasteiger charge is 2.14. The number of benzene rings is 1. The number of amides is 1. The third kappa shape index (κ3) is 4.00. The van der Waals surface area contributed by atoms with E-state index in [1.54, 1.807) is 12.1 Å². The molecule has 2 heterocycles. The second-order valence-electron chi connectivity index (χ2n) is 5.29. The van der Waals surface area contributed by atoms with Gasteiger partial charge < -0.3 is 10.1 Å². The van der Waals surface area contributed by atoms with Crippen LogP contribution in [0, 0.1) is 0 Å². The zero-order valence-corrected chi connectivity index (χ0v) is 13.4. The van der Waals surface area contributed by atoms with Gasteiger partial charge in [0.1, 0.15) is 0 Å². The number of fused-ring (bicyclic) bond motifs is 1. The maximum Gasteiger partial charge on any atom is 0.244 e. The molecule has 0 atom stereocenters. The topological polar surface area (TPSA) is 56.2 Å². The maximum absolute atomic E-state index is 11.9. The predicted molar refractivity (Wildman–Crippen MR) is 89.1 cm³/mol. The zero-order chi connectivity index (χ0) is 16.1. The first-order valence-electron chi connectivity index (χ1n) is 7.56. The molecule has 0 unspecified atom stereocenters. The number of hydrogen-bond donors (Lipinski definition) is 1. The number of nitrogens with one attached hydrogen (secondary N) is 1. The molecule has 1 aromatic heterocycles. The Bertz CT molecular complexity index is 724. The lowest BCUT2D eigenvalue weighted by molar-refractivity contribution is -0.116. The summed E-state index contributed by atoms with van der Waals surface area (Å²) in [5, 5.41) is 7.83. The molecular formula is C17H18ClN3O2. The van der Waals surface area contributed by atoms with Crippen LogP contribution in [0.25, 0.3) is 6.08 Å². The van der Waals surface area contributed by atoms with Gasteiger partial charge >= 0.3 is 0 Å². The van der Waals surface area contributed by atoms with Crippen molar-refractivity contribution in [2.45, 2.75) is 19.6 Å². The largest absolute Gasteiger partial charge is 0.376 e. The number of aromatic nitrogens is 2. The number of ether oxygens (including phenoxy) is 1. The van der Waals surface area contributed by atoms with E-state index in [4.69, 9.17) is 16.3 Å². The summed E-state index contributed by atoms with van der Waals surface area (Å²) in [4.78, 5) is 11.9. The van der Waals surface area contributed by atoms with Crippen LogP contribution in [-0.2, 0) is 29.1 Å². The van der Waals surface area contributed by atoms with E-state index >= 15 is 0 Å². The van der Waals surface area contributed by atoms with E-state index in [-0.39, 0.29) is 5.91 Å². The number of hydrogen-bond acceptors (Lipinski definition) is 3. The molecule has 1 amide bonds. The number of halogens is 1. The minimum absolute atomic E-state index is 0.144. The lowest BCUT2D eigenvalue weighted by atomic mass is 10.2. The van der Waals surface area contributed by atoms with Crippen molar-refractivity contribution in [2.24, 2.45) is 0 Å². The van der Waals surface area contributed by atoms with Crippen LogP contribution in [0.1, 0.15) is 16.8 Å². The predicted octanol–water partition coefficient (Wildman–Crippen LogP) is 2.44. The molecule has 1 aliphatic heterocycles. The highest BCUT2D eigenvalue weighted by Crippen LogP contribution is 2.16. The molecule has 6 heteroatoms. The molecule has 5 nitrogen and oxygen atoms in total. The van der Waals surface area contributed by atoms with Gasteiger partial charge in [0.05, 0.1) is 26.0 Å². The van der Waals surface area contributed by atoms with Crippen molar-refractivity contribution in [1.82, 2.24) is 15.1 Å². The second kappa shape index (κ2) is 7.44. The Morgan fingerprint density at radius 2 is 2.30 bits per heavy atom. The van der Waals surface area contributed by atoms with E-state index in [2.05, 4.69) is 10.4 Å². The summed E-state index contributed by atoms with van der Waals surface area (Å²) in [6.07, 6.45) is 5.92. The van der Waals surface area contributed by atoms with E-state index in [1.165, 1.54) is 11.8 Å². The Morgan fingerprint density at radius 1 is 1.43 bits per heavy atom. The fourth-order valence-corrected chi connectivity index (χ4v) is 2.72. The molecule has 0 radical (unpaired) electrons. The first-order chi connectivity index (χ1) is 11.2.